The number of esters is 1. The third-order valence-electron chi connectivity index (χ3n) is 4.96. The van der Waals surface area contributed by atoms with E-state index in [-0.39, 0.29) is 5.91 Å². The van der Waals surface area contributed by atoms with Crippen LogP contribution in [0.4, 0.5) is 11.4 Å². The van der Waals surface area contributed by atoms with Crippen LogP contribution >= 0.6 is 22.6 Å². The zero-order chi connectivity index (χ0) is 21.3. The van der Waals surface area contributed by atoms with Gasteiger partial charge >= 0.3 is 5.97 Å². The maximum atomic E-state index is 13.5. The average Bonchev–Trinajstić information content (AvgIpc) is 2.79. The summed E-state index contributed by atoms with van der Waals surface area (Å²) in [6, 6.07) is 20.2. The van der Waals surface area contributed by atoms with Crippen LogP contribution in [0.5, 0.6) is 5.75 Å². The quantitative estimate of drug-likeness (QED) is 0.398. The van der Waals surface area contributed by atoms with Crippen LogP contribution in [0, 0.1) is 3.57 Å². The van der Waals surface area contributed by atoms with Crippen molar-refractivity contribution in [3.8, 4) is 5.75 Å². The molecule has 6 nitrogen and oxygen atoms in total. The Kier molecular flexibility index (Phi) is 5.63. The van der Waals surface area contributed by atoms with Crippen LogP contribution < -0.4 is 15.0 Å². The van der Waals surface area contributed by atoms with Crippen molar-refractivity contribution in [1.29, 1.82) is 0 Å². The number of ether oxygens (including phenoxy) is 2. The highest BCUT2D eigenvalue weighted by molar-refractivity contribution is 14.1. The highest BCUT2D eigenvalue weighted by Gasteiger charge is 2.34. The Morgan fingerprint density at radius 1 is 1.03 bits per heavy atom. The molecule has 0 saturated heterocycles. The van der Waals surface area contributed by atoms with Crippen molar-refractivity contribution in [2.24, 2.45) is 0 Å². The summed E-state index contributed by atoms with van der Waals surface area (Å²) in [6.45, 7) is 0. The minimum absolute atomic E-state index is 0.113. The van der Waals surface area contributed by atoms with Crippen molar-refractivity contribution in [2.45, 2.75) is 6.17 Å². The number of nitrogens with zero attached hydrogens (tertiary/aromatic N) is 1. The highest BCUT2D eigenvalue weighted by atomic mass is 127. The highest BCUT2D eigenvalue weighted by Crippen LogP contribution is 2.38. The Morgan fingerprint density at radius 3 is 2.50 bits per heavy atom. The maximum Gasteiger partial charge on any atom is 0.337 e. The predicted octanol–water partition coefficient (Wildman–Crippen LogP) is 4.86. The molecule has 1 unspecified atom stereocenters. The van der Waals surface area contributed by atoms with Gasteiger partial charge in [0.25, 0.3) is 5.91 Å². The Morgan fingerprint density at radius 2 is 1.80 bits per heavy atom. The summed E-state index contributed by atoms with van der Waals surface area (Å²) in [5, 5.41) is 3.46. The summed E-state index contributed by atoms with van der Waals surface area (Å²) in [7, 11) is 2.94. The molecule has 1 aliphatic heterocycles. The van der Waals surface area contributed by atoms with Gasteiger partial charge in [-0.15, -0.1) is 0 Å². The van der Waals surface area contributed by atoms with Crippen LogP contribution in [-0.2, 0) is 4.74 Å². The zero-order valence-electron chi connectivity index (χ0n) is 16.4. The Bertz CT molecular complexity index is 1110. The fourth-order valence-corrected chi connectivity index (χ4v) is 3.95. The molecule has 0 fully saturated rings. The smallest absolute Gasteiger partial charge is 0.337 e. The first-order valence-corrected chi connectivity index (χ1v) is 10.3. The van der Waals surface area contributed by atoms with E-state index in [9.17, 15) is 9.59 Å². The van der Waals surface area contributed by atoms with Gasteiger partial charge in [-0.25, -0.2) is 4.79 Å². The second-order valence-corrected chi connectivity index (χ2v) is 7.97. The standard InChI is InChI=1S/C23H19IN2O4/c1-29-18-5-3-4-17(13-18)26-21(14-6-8-15(9-7-14)23(28)30-2)25-20-11-10-16(24)12-19(20)22(26)27/h3-13,21,25H,1-2H3. The SMILES string of the molecule is COC(=O)c1ccc(C2Nc3ccc(I)cc3C(=O)N2c2cccc(OC)c2)cc1. The molecule has 4 rings (SSSR count). The third-order valence-corrected chi connectivity index (χ3v) is 5.63. The van der Waals surface area contributed by atoms with Gasteiger partial charge in [-0.1, -0.05) is 18.2 Å². The summed E-state index contributed by atoms with van der Waals surface area (Å²) in [6.07, 6.45) is -0.455. The minimum Gasteiger partial charge on any atom is -0.497 e. The van der Waals surface area contributed by atoms with Crippen LogP contribution in [0.25, 0.3) is 0 Å². The molecule has 0 saturated carbocycles. The van der Waals surface area contributed by atoms with Crippen molar-refractivity contribution in [3.63, 3.8) is 0 Å². The molecular formula is C23H19IN2O4. The minimum atomic E-state index is -0.455. The lowest BCUT2D eigenvalue weighted by atomic mass is 10.0. The van der Waals surface area contributed by atoms with Gasteiger partial charge < -0.3 is 14.8 Å². The van der Waals surface area contributed by atoms with Crippen molar-refractivity contribution in [2.75, 3.05) is 24.4 Å². The largest absolute Gasteiger partial charge is 0.497 e. The number of carbonyl (C=O) groups is 2. The van der Waals surface area contributed by atoms with Gasteiger partial charge in [-0.05, 0) is 70.6 Å². The molecule has 7 heteroatoms. The first kappa shape index (κ1) is 20.2. The lowest BCUT2D eigenvalue weighted by molar-refractivity contribution is 0.0600. The molecule has 0 radical (unpaired) electrons. The average molecular weight is 514 g/mol. The Hall–Kier alpha value is -3.07. The number of carbonyl (C=O) groups excluding carboxylic acids is 2. The lowest BCUT2D eigenvalue weighted by Crippen LogP contribution is -2.43. The van der Waals surface area contributed by atoms with E-state index in [0.29, 0.717) is 22.6 Å². The predicted molar refractivity (Wildman–Crippen MR) is 123 cm³/mol. The Labute approximate surface area is 187 Å². The number of hydrogen-bond acceptors (Lipinski definition) is 5. The molecule has 1 N–H and O–H groups in total. The third kappa shape index (κ3) is 3.72. The molecule has 1 atom stereocenters. The van der Waals surface area contributed by atoms with Gasteiger partial charge in [0.1, 0.15) is 11.9 Å². The van der Waals surface area contributed by atoms with E-state index in [1.165, 1.54) is 7.11 Å². The van der Waals surface area contributed by atoms with Gasteiger partial charge in [-0.2, -0.15) is 0 Å². The molecule has 0 bridgehead atoms. The van der Waals surface area contributed by atoms with E-state index in [1.54, 1.807) is 24.1 Å². The number of benzene rings is 3. The molecule has 0 aromatic heterocycles. The summed E-state index contributed by atoms with van der Waals surface area (Å²) >= 11 is 2.20. The number of anilines is 2. The van der Waals surface area contributed by atoms with E-state index < -0.39 is 12.1 Å². The first-order valence-electron chi connectivity index (χ1n) is 9.24. The Balaban J connectivity index is 1.82. The van der Waals surface area contributed by atoms with E-state index in [2.05, 4.69) is 27.9 Å². The molecule has 152 valence electrons. The molecule has 0 spiro atoms. The summed E-state index contributed by atoms with van der Waals surface area (Å²) in [5.41, 5.74) is 3.36. The maximum absolute atomic E-state index is 13.5. The fourth-order valence-electron chi connectivity index (χ4n) is 3.46. The number of fused-ring (bicyclic) bond motifs is 1. The van der Waals surface area contributed by atoms with Crippen molar-refractivity contribution in [3.05, 3.63) is 87.0 Å². The fraction of sp³-hybridized carbons (Fsp3) is 0.130. The van der Waals surface area contributed by atoms with Gasteiger partial charge in [0.2, 0.25) is 0 Å². The molecule has 1 aliphatic rings. The number of methoxy groups -OCH3 is 2. The summed E-state index contributed by atoms with van der Waals surface area (Å²) in [5.74, 6) is 0.143. The number of halogens is 1. The molecule has 1 heterocycles. The van der Waals surface area contributed by atoms with Crippen LogP contribution in [-0.4, -0.2) is 26.1 Å². The number of amides is 1. The van der Waals surface area contributed by atoms with Crippen LogP contribution in [0.2, 0.25) is 0 Å². The molecular weight excluding hydrogens is 495 g/mol. The normalized spacial score (nSPS) is 15.2. The monoisotopic (exact) mass is 514 g/mol. The second kappa shape index (κ2) is 8.35. The van der Waals surface area contributed by atoms with Gasteiger partial charge in [-0.3, -0.25) is 9.69 Å². The van der Waals surface area contributed by atoms with Crippen molar-refractivity contribution < 1.29 is 19.1 Å². The number of rotatable bonds is 4. The molecule has 3 aromatic carbocycles. The van der Waals surface area contributed by atoms with E-state index in [0.717, 1.165) is 14.8 Å². The molecule has 3 aromatic rings. The van der Waals surface area contributed by atoms with Gasteiger partial charge in [0.15, 0.2) is 0 Å². The number of nitrogens with one attached hydrogen (secondary N) is 1. The molecule has 0 aliphatic carbocycles. The van der Waals surface area contributed by atoms with E-state index in [1.807, 2.05) is 54.6 Å². The van der Waals surface area contributed by atoms with Gasteiger partial charge in [0, 0.05) is 15.3 Å². The van der Waals surface area contributed by atoms with Crippen LogP contribution in [0.3, 0.4) is 0 Å². The summed E-state index contributed by atoms with van der Waals surface area (Å²) in [4.78, 5) is 27.0. The first-order chi connectivity index (χ1) is 14.5. The molecule has 30 heavy (non-hydrogen) atoms. The zero-order valence-corrected chi connectivity index (χ0v) is 18.5. The summed E-state index contributed by atoms with van der Waals surface area (Å²) < 4.78 is 11.1. The number of hydrogen-bond donors (Lipinski definition) is 1. The topological polar surface area (TPSA) is 67.9 Å². The van der Waals surface area contributed by atoms with Crippen molar-refractivity contribution >= 4 is 45.8 Å². The van der Waals surface area contributed by atoms with Crippen LogP contribution in [0.15, 0.2) is 66.7 Å². The molecule has 1 amide bonds. The van der Waals surface area contributed by atoms with Crippen molar-refractivity contribution in [1.82, 2.24) is 0 Å². The lowest BCUT2D eigenvalue weighted by Gasteiger charge is -2.38. The van der Waals surface area contributed by atoms with Gasteiger partial charge in [0.05, 0.1) is 31.0 Å². The van der Waals surface area contributed by atoms with Crippen LogP contribution in [0.1, 0.15) is 32.4 Å². The second-order valence-electron chi connectivity index (χ2n) is 6.73. The van der Waals surface area contributed by atoms with E-state index in [4.69, 9.17) is 9.47 Å². The van der Waals surface area contributed by atoms with E-state index >= 15 is 0 Å².